The number of H-pyrrole nitrogens is 1. The van der Waals surface area contributed by atoms with Crippen molar-refractivity contribution < 1.29 is 17.9 Å². The van der Waals surface area contributed by atoms with E-state index >= 15 is 0 Å². The molecular weight excluding hydrogens is 603 g/mol. The molecular formula is C19H14I2N4Zn. The van der Waals surface area contributed by atoms with Gasteiger partial charge in [0.1, 0.15) is 0 Å². The first-order chi connectivity index (χ1) is 12.6. The summed E-state index contributed by atoms with van der Waals surface area (Å²) < 4.78 is 5.08. The molecule has 0 spiro atoms. The van der Waals surface area contributed by atoms with Crippen LogP contribution in [-0.4, -0.2) is 21.0 Å². The molecule has 126 valence electrons. The molecule has 7 heteroatoms. The SMILES string of the molecule is NC(=Cc1ccc(C=C2C=CC(C=C3C=CC([CH]=[Zn])=N3)=N2)[nH]1)C(I)=CI. The van der Waals surface area contributed by atoms with Gasteiger partial charge < -0.3 is 5.73 Å². The standard InChI is InChI=1S/C19H14I2N4.Zn/c1-12-2-3-13(23-12)8-14-4-5-15(24-14)9-16-6-7-17(25-16)10-19(22)18(21)11-20;/h1-11,25H,22H2;. The van der Waals surface area contributed by atoms with Crippen LogP contribution in [-0.2, 0) is 17.9 Å². The molecule has 0 radical (unpaired) electrons. The molecule has 0 aliphatic carbocycles. The molecule has 0 bridgehead atoms. The van der Waals surface area contributed by atoms with Crippen molar-refractivity contribution in [3.63, 3.8) is 0 Å². The van der Waals surface area contributed by atoms with Crippen molar-refractivity contribution in [2.45, 2.75) is 0 Å². The van der Waals surface area contributed by atoms with Crippen LogP contribution in [0.15, 0.2) is 77.3 Å². The van der Waals surface area contributed by atoms with Crippen LogP contribution in [0.2, 0.25) is 0 Å². The van der Waals surface area contributed by atoms with E-state index in [0.29, 0.717) is 0 Å². The number of hydrogen-bond donors (Lipinski definition) is 2. The maximum Gasteiger partial charge on any atom is 0.0421 e. The van der Waals surface area contributed by atoms with Gasteiger partial charge in [0.15, 0.2) is 0 Å². The fourth-order valence-electron chi connectivity index (χ4n) is 2.35. The number of rotatable bonds is 5. The van der Waals surface area contributed by atoms with E-state index in [1.165, 1.54) is 0 Å². The minimum atomic E-state index is 0.741. The monoisotopic (exact) mass is 616 g/mol. The molecule has 0 fully saturated rings. The Kier molecular flexibility index (Phi) is 6.88. The molecule has 0 amide bonds. The first kappa shape index (κ1) is 19.6. The normalized spacial score (nSPS) is 20.3. The summed E-state index contributed by atoms with van der Waals surface area (Å²) >= 11 is 5.51. The zero-order chi connectivity index (χ0) is 18.5. The van der Waals surface area contributed by atoms with E-state index in [2.05, 4.69) is 64.8 Å². The van der Waals surface area contributed by atoms with Gasteiger partial charge in [-0.1, -0.05) is 22.6 Å². The van der Waals surface area contributed by atoms with Gasteiger partial charge in [-0.15, -0.1) is 0 Å². The van der Waals surface area contributed by atoms with Crippen molar-refractivity contribution in [2.24, 2.45) is 15.7 Å². The Morgan fingerprint density at radius 1 is 1.00 bits per heavy atom. The third kappa shape index (κ3) is 5.17. The quantitative estimate of drug-likeness (QED) is 0.283. The number of halogens is 2. The van der Waals surface area contributed by atoms with E-state index in [1.54, 1.807) is 0 Å². The topological polar surface area (TPSA) is 66.5 Å². The van der Waals surface area contributed by atoms with Gasteiger partial charge in [-0.25, -0.2) is 0 Å². The van der Waals surface area contributed by atoms with E-state index < -0.39 is 0 Å². The Balaban J connectivity index is 1.75. The molecule has 0 aromatic carbocycles. The van der Waals surface area contributed by atoms with E-state index in [1.807, 2.05) is 58.7 Å². The van der Waals surface area contributed by atoms with E-state index in [0.717, 1.165) is 61.3 Å². The average molecular weight is 618 g/mol. The average Bonchev–Trinajstić information content (AvgIpc) is 3.37. The zero-order valence-electron chi connectivity index (χ0n) is 13.8. The van der Waals surface area contributed by atoms with Crippen LogP contribution < -0.4 is 5.73 Å². The van der Waals surface area contributed by atoms with Crippen molar-refractivity contribution in [2.75, 3.05) is 0 Å². The molecule has 1 aromatic heterocycles. The molecule has 0 saturated heterocycles. The van der Waals surface area contributed by atoms with Crippen LogP contribution in [0.1, 0.15) is 11.4 Å². The number of allylic oxidation sites excluding steroid dienone is 6. The van der Waals surface area contributed by atoms with Crippen molar-refractivity contribution in [3.8, 4) is 0 Å². The summed E-state index contributed by atoms with van der Waals surface area (Å²) in [7, 11) is 0. The van der Waals surface area contributed by atoms with Crippen LogP contribution in [0.25, 0.3) is 12.2 Å². The molecule has 2 aliphatic heterocycles. The Morgan fingerprint density at radius 3 is 2.35 bits per heavy atom. The van der Waals surface area contributed by atoms with Gasteiger partial charge in [0.2, 0.25) is 0 Å². The second-order valence-corrected chi connectivity index (χ2v) is 8.15. The number of nitrogens with zero attached hydrogens (tertiary/aromatic N) is 2. The summed E-state index contributed by atoms with van der Waals surface area (Å²) in [6.45, 7) is 0. The fourth-order valence-corrected chi connectivity index (χ4v) is 3.34. The van der Waals surface area contributed by atoms with Crippen molar-refractivity contribution in [3.05, 3.63) is 78.7 Å². The molecule has 3 N–H and O–H groups in total. The minimum absolute atomic E-state index is 0.741. The van der Waals surface area contributed by atoms with Crippen molar-refractivity contribution >= 4 is 73.4 Å². The molecule has 0 saturated carbocycles. The van der Waals surface area contributed by atoms with Gasteiger partial charge >= 0.3 is 120 Å². The van der Waals surface area contributed by atoms with Crippen molar-refractivity contribution in [1.29, 1.82) is 0 Å². The zero-order valence-corrected chi connectivity index (χ0v) is 21.1. The molecule has 26 heavy (non-hydrogen) atoms. The first-order valence-electron chi connectivity index (χ1n) is 7.79. The van der Waals surface area contributed by atoms with E-state index in [-0.39, 0.29) is 0 Å². The molecule has 3 heterocycles. The number of hydrogen-bond acceptors (Lipinski definition) is 3. The Hall–Kier alpha value is -1.19. The van der Waals surface area contributed by atoms with Gasteiger partial charge in [0, 0.05) is 9.28 Å². The number of aliphatic imine (C=N–C) groups is 2. The Morgan fingerprint density at radius 2 is 1.65 bits per heavy atom. The molecule has 0 atom stereocenters. The molecule has 3 rings (SSSR count). The Bertz CT molecular complexity index is 985. The Labute approximate surface area is 189 Å². The summed E-state index contributed by atoms with van der Waals surface area (Å²) in [5, 5.41) is 0. The molecule has 4 nitrogen and oxygen atoms in total. The summed E-state index contributed by atoms with van der Waals surface area (Å²) in [6.07, 6.45) is 14.0. The maximum atomic E-state index is 6.04. The number of nitrogens with two attached hydrogens (primary N) is 1. The third-order valence-electron chi connectivity index (χ3n) is 3.59. The molecule has 0 unspecified atom stereocenters. The second-order valence-electron chi connectivity index (χ2n) is 5.51. The third-order valence-corrected chi connectivity index (χ3v) is 7.21. The predicted molar refractivity (Wildman–Crippen MR) is 124 cm³/mol. The van der Waals surface area contributed by atoms with Gasteiger partial charge in [-0.3, -0.25) is 0 Å². The summed E-state index contributed by atoms with van der Waals surface area (Å²) in [6, 6.07) is 4.02. The van der Waals surface area contributed by atoms with Crippen molar-refractivity contribution in [1.82, 2.24) is 4.98 Å². The molecule has 1 aromatic rings. The largest absolute Gasteiger partial charge is 0.0518 e. The number of aromatic nitrogens is 1. The van der Waals surface area contributed by atoms with Crippen LogP contribution in [0.5, 0.6) is 0 Å². The second kappa shape index (κ2) is 9.15. The maximum absolute atomic E-state index is 6.04. The van der Waals surface area contributed by atoms with Gasteiger partial charge in [0.25, 0.3) is 0 Å². The summed E-state index contributed by atoms with van der Waals surface area (Å²) in [5.41, 5.74) is 12.5. The molecule has 2 aliphatic rings. The van der Waals surface area contributed by atoms with E-state index in [9.17, 15) is 0 Å². The number of aromatic amines is 1. The van der Waals surface area contributed by atoms with Gasteiger partial charge in [0.05, 0.1) is 0 Å². The van der Waals surface area contributed by atoms with Gasteiger partial charge in [-0.05, 0) is 32.7 Å². The first-order valence-corrected chi connectivity index (χ1v) is 11.8. The van der Waals surface area contributed by atoms with Crippen LogP contribution in [0.4, 0.5) is 0 Å². The number of nitrogens with one attached hydrogen (secondary N) is 1. The minimum Gasteiger partial charge on any atom is -0.0518 e. The van der Waals surface area contributed by atoms with Crippen LogP contribution >= 0.6 is 45.2 Å². The summed E-state index contributed by atoms with van der Waals surface area (Å²) in [4.78, 5) is 12.5. The van der Waals surface area contributed by atoms with E-state index in [4.69, 9.17) is 5.73 Å². The van der Waals surface area contributed by atoms with Gasteiger partial charge in [-0.2, -0.15) is 0 Å². The van der Waals surface area contributed by atoms with Crippen LogP contribution in [0, 0.1) is 0 Å². The predicted octanol–water partition coefficient (Wildman–Crippen LogP) is 4.62. The smallest absolute Gasteiger partial charge is 0.0421 e. The van der Waals surface area contributed by atoms with Crippen LogP contribution in [0.3, 0.4) is 0 Å². The summed E-state index contributed by atoms with van der Waals surface area (Å²) in [5.74, 6) is 0. The fraction of sp³-hybridized carbons (Fsp3) is 0.